The molecule has 2 heterocycles. The van der Waals surface area contributed by atoms with Crippen LogP contribution in [0.1, 0.15) is 48.7 Å². The van der Waals surface area contributed by atoms with E-state index in [2.05, 4.69) is 20.9 Å². The summed E-state index contributed by atoms with van der Waals surface area (Å²) in [6, 6.07) is 16.9. The first-order valence-corrected chi connectivity index (χ1v) is 15.4. The first-order chi connectivity index (χ1) is 20.7. The zero-order valence-electron chi connectivity index (χ0n) is 25.1. The van der Waals surface area contributed by atoms with E-state index in [1.807, 2.05) is 47.4 Å². The lowest BCUT2D eigenvalue weighted by molar-refractivity contribution is 0.0364. The van der Waals surface area contributed by atoms with Crippen molar-refractivity contribution in [2.24, 2.45) is 0 Å². The van der Waals surface area contributed by atoms with Crippen molar-refractivity contribution >= 4 is 40.7 Å². The van der Waals surface area contributed by atoms with Gasteiger partial charge in [0, 0.05) is 55.6 Å². The summed E-state index contributed by atoms with van der Waals surface area (Å²) in [6.07, 6.45) is 0.257. The van der Waals surface area contributed by atoms with Gasteiger partial charge < -0.3 is 25.0 Å². The Bertz CT molecular complexity index is 1330. The van der Waals surface area contributed by atoms with E-state index >= 15 is 0 Å². The predicted octanol–water partition coefficient (Wildman–Crippen LogP) is 5.78. The molecule has 1 aliphatic rings. The lowest BCUT2D eigenvalue weighted by atomic mass is 10.1. The van der Waals surface area contributed by atoms with Gasteiger partial charge in [0.15, 0.2) is 0 Å². The van der Waals surface area contributed by atoms with E-state index < -0.39 is 11.7 Å². The molecule has 1 saturated heterocycles. The Balaban J connectivity index is 1.35. The summed E-state index contributed by atoms with van der Waals surface area (Å²) in [5.74, 6) is -0.305. The Morgan fingerprint density at radius 2 is 1.60 bits per heavy atom. The predicted molar refractivity (Wildman–Crippen MR) is 170 cm³/mol. The highest BCUT2D eigenvalue weighted by atomic mass is 32.1. The van der Waals surface area contributed by atoms with E-state index in [0.29, 0.717) is 36.6 Å². The number of carbonyl (C=O) groups is 3. The summed E-state index contributed by atoms with van der Waals surface area (Å²) < 4.78 is 10.8. The maximum absolute atomic E-state index is 13.2. The third-order valence-corrected chi connectivity index (χ3v) is 7.46. The Morgan fingerprint density at radius 3 is 2.28 bits per heavy atom. The van der Waals surface area contributed by atoms with Crippen molar-refractivity contribution in [1.82, 2.24) is 15.1 Å². The van der Waals surface area contributed by atoms with Crippen molar-refractivity contribution in [3.05, 3.63) is 82.0 Å². The van der Waals surface area contributed by atoms with Crippen LogP contribution in [-0.4, -0.2) is 72.8 Å². The second-order valence-electron chi connectivity index (χ2n) is 11.4. The highest BCUT2D eigenvalue weighted by molar-refractivity contribution is 7.09. The van der Waals surface area contributed by atoms with Crippen LogP contribution in [0.25, 0.3) is 0 Å². The van der Waals surface area contributed by atoms with Gasteiger partial charge in [0.05, 0.1) is 24.6 Å². The quantitative estimate of drug-likeness (QED) is 0.255. The first kappa shape index (κ1) is 32.0. The zero-order chi connectivity index (χ0) is 30.7. The van der Waals surface area contributed by atoms with Crippen molar-refractivity contribution in [2.75, 3.05) is 50.0 Å². The van der Waals surface area contributed by atoms with Crippen LogP contribution in [-0.2, 0) is 22.6 Å². The third-order valence-electron chi connectivity index (χ3n) is 6.72. The minimum atomic E-state index is -0.633. The summed E-state index contributed by atoms with van der Waals surface area (Å²) in [7, 11) is 0. The molecule has 230 valence electrons. The molecule has 0 spiro atoms. The molecule has 0 saturated carbocycles. The number of nitrogens with one attached hydrogen (secondary N) is 3. The van der Waals surface area contributed by atoms with Crippen molar-refractivity contribution in [3.8, 4) is 0 Å². The van der Waals surface area contributed by atoms with Gasteiger partial charge in [0.2, 0.25) is 0 Å². The van der Waals surface area contributed by atoms with Gasteiger partial charge in [-0.3, -0.25) is 15.0 Å². The lowest BCUT2D eigenvalue weighted by Crippen LogP contribution is -2.42. The summed E-state index contributed by atoms with van der Waals surface area (Å²) >= 11 is 1.36. The number of nitrogens with zero attached hydrogens (tertiary/aromatic N) is 2. The Hall–Kier alpha value is -3.93. The van der Waals surface area contributed by atoms with Crippen LogP contribution in [0.2, 0.25) is 0 Å². The van der Waals surface area contributed by atoms with Crippen molar-refractivity contribution < 1.29 is 23.9 Å². The maximum Gasteiger partial charge on any atom is 0.412 e. The molecule has 0 bridgehead atoms. The van der Waals surface area contributed by atoms with Gasteiger partial charge in [0.25, 0.3) is 5.91 Å². The van der Waals surface area contributed by atoms with E-state index in [1.165, 1.54) is 11.3 Å². The van der Waals surface area contributed by atoms with E-state index in [4.69, 9.17) is 9.47 Å². The summed E-state index contributed by atoms with van der Waals surface area (Å²) in [5.41, 5.74) is 2.75. The van der Waals surface area contributed by atoms with Crippen LogP contribution in [0.5, 0.6) is 0 Å². The van der Waals surface area contributed by atoms with E-state index in [0.717, 1.165) is 50.4 Å². The SMILES string of the molecule is CC(C)(C)OC(=O)Nc1cscc1NC(=O)c1ccc(CN(CCCN2CCOCC2)C(=O)NCc2ccccc2)cc1. The number of hydrogen-bond donors (Lipinski definition) is 3. The molecule has 43 heavy (non-hydrogen) atoms. The number of thiophene rings is 1. The van der Waals surface area contributed by atoms with Crippen LogP contribution in [0.4, 0.5) is 21.0 Å². The Morgan fingerprint density at radius 1 is 0.930 bits per heavy atom. The molecule has 1 fully saturated rings. The monoisotopic (exact) mass is 607 g/mol. The molecular weight excluding hydrogens is 566 g/mol. The van der Waals surface area contributed by atoms with Crippen LogP contribution in [0, 0.1) is 0 Å². The second-order valence-corrected chi connectivity index (χ2v) is 12.1. The van der Waals surface area contributed by atoms with Crippen LogP contribution in [0.3, 0.4) is 0 Å². The van der Waals surface area contributed by atoms with Crippen LogP contribution in [0.15, 0.2) is 65.4 Å². The number of urea groups is 1. The minimum Gasteiger partial charge on any atom is -0.444 e. The van der Waals surface area contributed by atoms with Crippen LogP contribution < -0.4 is 16.0 Å². The standard InChI is InChI=1S/C32H41N5O5S/c1-32(2,3)42-31(40)35-28-23-43-22-27(28)34-29(38)26-12-10-25(11-13-26)21-37(15-7-14-36-16-18-41-19-17-36)30(39)33-20-24-8-5-4-6-9-24/h4-6,8-13,22-23H,7,14-21H2,1-3H3,(H,33,39)(H,34,38)(H,35,40). The normalized spacial score (nSPS) is 13.7. The molecular formula is C32H41N5O5S. The average Bonchev–Trinajstić information content (AvgIpc) is 3.41. The molecule has 11 heteroatoms. The van der Waals surface area contributed by atoms with Gasteiger partial charge in [-0.15, -0.1) is 11.3 Å². The van der Waals surface area contributed by atoms with Gasteiger partial charge >= 0.3 is 12.1 Å². The first-order valence-electron chi connectivity index (χ1n) is 14.5. The molecule has 0 aliphatic carbocycles. The fourth-order valence-corrected chi connectivity index (χ4v) is 5.24. The molecule has 4 amide bonds. The zero-order valence-corrected chi connectivity index (χ0v) is 25.9. The van der Waals surface area contributed by atoms with E-state index in [9.17, 15) is 14.4 Å². The second kappa shape index (κ2) is 15.5. The average molecular weight is 608 g/mol. The van der Waals surface area contributed by atoms with Crippen LogP contribution >= 0.6 is 11.3 Å². The molecule has 0 atom stereocenters. The van der Waals surface area contributed by atoms with Gasteiger partial charge in [0.1, 0.15) is 5.60 Å². The number of morpholine rings is 1. The number of amides is 4. The lowest BCUT2D eigenvalue weighted by Gasteiger charge is -2.28. The summed E-state index contributed by atoms with van der Waals surface area (Å²) in [6.45, 7) is 11.0. The smallest absolute Gasteiger partial charge is 0.412 e. The topological polar surface area (TPSA) is 112 Å². The molecule has 1 aliphatic heterocycles. The molecule has 3 aromatic rings. The summed E-state index contributed by atoms with van der Waals surface area (Å²) in [4.78, 5) is 42.6. The van der Waals surface area contributed by atoms with E-state index in [1.54, 1.807) is 43.7 Å². The van der Waals surface area contributed by atoms with Crippen molar-refractivity contribution in [1.29, 1.82) is 0 Å². The van der Waals surface area contributed by atoms with Gasteiger partial charge in [-0.25, -0.2) is 9.59 Å². The molecule has 0 radical (unpaired) electrons. The highest BCUT2D eigenvalue weighted by Gasteiger charge is 2.19. The van der Waals surface area contributed by atoms with Gasteiger partial charge in [-0.1, -0.05) is 42.5 Å². The molecule has 10 nitrogen and oxygen atoms in total. The van der Waals surface area contributed by atoms with Gasteiger partial charge in [-0.2, -0.15) is 0 Å². The van der Waals surface area contributed by atoms with Crippen molar-refractivity contribution in [3.63, 3.8) is 0 Å². The largest absolute Gasteiger partial charge is 0.444 e. The number of hydrogen-bond acceptors (Lipinski definition) is 7. The van der Waals surface area contributed by atoms with E-state index in [-0.39, 0.29) is 11.9 Å². The number of anilines is 2. The molecule has 3 N–H and O–H groups in total. The fraction of sp³-hybridized carbons (Fsp3) is 0.406. The third kappa shape index (κ3) is 10.7. The number of benzene rings is 2. The Kier molecular flexibility index (Phi) is 11.5. The number of carbonyl (C=O) groups excluding carboxylic acids is 3. The van der Waals surface area contributed by atoms with Crippen molar-refractivity contribution in [2.45, 2.75) is 45.9 Å². The molecule has 2 aromatic carbocycles. The molecule has 1 aromatic heterocycles. The Labute approximate surface area is 257 Å². The molecule has 4 rings (SSSR count). The minimum absolute atomic E-state index is 0.130. The maximum atomic E-state index is 13.2. The number of ether oxygens (including phenoxy) is 2. The highest BCUT2D eigenvalue weighted by Crippen LogP contribution is 2.28. The number of rotatable bonds is 11. The van der Waals surface area contributed by atoms with Gasteiger partial charge in [-0.05, 0) is 50.5 Å². The molecule has 0 unspecified atom stereocenters. The fourth-order valence-electron chi connectivity index (χ4n) is 4.53. The summed E-state index contributed by atoms with van der Waals surface area (Å²) in [5, 5.41) is 12.1.